The highest BCUT2D eigenvalue weighted by Gasteiger charge is 2.40. The first-order valence-electron chi connectivity index (χ1n) is 5.05. The Bertz CT molecular complexity index is 329. The predicted octanol–water partition coefficient (Wildman–Crippen LogP) is 2.78. The Morgan fingerprint density at radius 1 is 1.43 bits per heavy atom. The maximum atomic E-state index is 13.2. The summed E-state index contributed by atoms with van der Waals surface area (Å²) in [6.07, 6.45) is 1.34. The monoisotopic (exact) mass is 194 g/mol. The lowest BCUT2D eigenvalue weighted by molar-refractivity contribution is 0.150. The molecule has 0 amide bonds. The van der Waals surface area contributed by atoms with Crippen molar-refractivity contribution >= 4 is 0 Å². The van der Waals surface area contributed by atoms with Crippen molar-refractivity contribution in [3.05, 3.63) is 35.4 Å². The standard InChI is InChI=1S/C12H15FO/c1-9(13)11-5-3-2-4-10(11)8-12(14)6-7-12/h2-5,9,14H,6-8H2,1H3. The van der Waals surface area contributed by atoms with Crippen molar-refractivity contribution in [1.82, 2.24) is 0 Å². The SMILES string of the molecule is CC(F)c1ccccc1CC1(O)CC1. The van der Waals surface area contributed by atoms with Gasteiger partial charge in [0.05, 0.1) is 5.60 Å². The first-order valence-corrected chi connectivity index (χ1v) is 5.05. The van der Waals surface area contributed by atoms with Gasteiger partial charge >= 0.3 is 0 Å². The van der Waals surface area contributed by atoms with E-state index in [0.717, 1.165) is 18.4 Å². The molecule has 1 atom stereocenters. The predicted molar refractivity (Wildman–Crippen MR) is 53.9 cm³/mol. The maximum absolute atomic E-state index is 13.2. The molecule has 0 heterocycles. The molecule has 1 N–H and O–H groups in total. The van der Waals surface area contributed by atoms with E-state index >= 15 is 0 Å². The molecular weight excluding hydrogens is 179 g/mol. The third kappa shape index (κ3) is 1.95. The molecule has 0 saturated heterocycles. The molecule has 0 bridgehead atoms. The zero-order valence-electron chi connectivity index (χ0n) is 8.33. The van der Waals surface area contributed by atoms with Crippen LogP contribution in [-0.4, -0.2) is 10.7 Å². The van der Waals surface area contributed by atoms with Crippen molar-refractivity contribution in [2.45, 2.75) is 38.0 Å². The van der Waals surface area contributed by atoms with Gasteiger partial charge in [0.15, 0.2) is 0 Å². The summed E-state index contributed by atoms with van der Waals surface area (Å²) in [6.45, 7) is 1.54. The lowest BCUT2D eigenvalue weighted by Gasteiger charge is -2.13. The van der Waals surface area contributed by atoms with Gasteiger partial charge in [-0.3, -0.25) is 0 Å². The Kier molecular flexibility index (Phi) is 2.31. The number of hydrogen-bond donors (Lipinski definition) is 1. The first kappa shape index (κ1) is 9.66. The number of halogens is 1. The zero-order valence-corrected chi connectivity index (χ0v) is 8.33. The van der Waals surface area contributed by atoms with Gasteiger partial charge in [0.2, 0.25) is 0 Å². The molecular formula is C12H15FO. The van der Waals surface area contributed by atoms with Crippen LogP contribution in [-0.2, 0) is 6.42 Å². The molecule has 1 nitrogen and oxygen atoms in total. The summed E-state index contributed by atoms with van der Waals surface area (Å²) in [7, 11) is 0. The van der Waals surface area contributed by atoms with E-state index in [0.29, 0.717) is 12.0 Å². The fourth-order valence-corrected chi connectivity index (χ4v) is 1.76. The molecule has 76 valence electrons. The molecule has 1 unspecified atom stereocenters. The lowest BCUT2D eigenvalue weighted by Crippen LogP contribution is -2.12. The minimum Gasteiger partial charge on any atom is -0.390 e. The topological polar surface area (TPSA) is 20.2 Å². The van der Waals surface area contributed by atoms with E-state index in [1.807, 2.05) is 18.2 Å². The van der Waals surface area contributed by atoms with E-state index in [2.05, 4.69) is 0 Å². The van der Waals surface area contributed by atoms with Gasteiger partial charge in [0.1, 0.15) is 6.17 Å². The minimum absolute atomic E-state index is 0.537. The van der Waals surface area contributed by atoms with Gasteiger partial charge < -0.3 is 5.11 Å². The van der Waals surface area contributed by atoms with Crippen LogP contribution in [0.1, 0.15) is 37.1 Å². The minimum atomic E-state index is -0.950. The van der Waals surface area contributed by atoms with Crippen molar-refractivity contribution in [3.63, 3.8) is 0 Å². The number of aliphatic hydroxyl groups is 1. The number of hydrogen-bond acceptors (Lipinski definition) is 1. The highest BCUT2D eigenvalue weighted by atomic mass is 19.1. The van der Waals surface area contributed by atoms with E-state index in [-0.39, 0.29) is 0 Å². The third-order valence-corrected chi connectivity index (χ3v) is 2.83. The van der Waals surface area contributed by atoms with Crippen LogP contribution < -0.4 is 0 Å². The fourth-order valence-electron chi connectivity index (χ4n) is 1.76. The van der Waals surface area contributed by atoms with Crippen LogP contribution in [0.2, 0.25) is 0 Å². The van der Waals surface area contributed by atoms with Gasteiger partial charge in [-0.1, -0.05) is 24.3 Å². The van der Waals surface area contributed by atoms with Crippen molar-refractivity contribution in [1.29, 1.82) is 0 Å². The zero-order chi connectivity index (χ0) is 10.2. The number of benzene rings is 1. The van der Waals surface area contributed by atoms with Crippen LogP contribution in [0.3, 0.4) is 0 Å². The summed E-state index contributed by atoms with van der Waals surface area (Å²) in [5.74, 6) is 0. The van der Waals surface area contributed by atoms with Gasteiger partial charge in [-0.2, -0.15) is 0 Å². The average Bonchev–Trinajstić information content (AvgIpc) is 2.84. The molecule has 1 fully saturated rings. The average molecular weight is 194 g/mol. The Balaban J connectivity index is 2.23. The van der Waals surface area contributed by atoms with E-state index in [1.165, 1.54) is 6.92 Å². The van der Waals surface area contributed by atoms with Crippen molar-refractivity contribution < 1.29 is 9.50 Å². The van der Waals surface area contributed by atoms with E-state index in [9.17, 15) is 9.50 Å². The first-order chi connectivity index (χ1) is 6.61. The molecule has 0 spiro atoms. The normalized spacial score (nSPS) is 20.5. The summed E-state index contributed by atoms with van der Waals surface area (Å²) in [6, 6.07) is 7.44. The second kappa shape index (κ2) is 3.35. The lowest BCUT2D eigenvalue weighted by atomic mass is 9.98. The Morgan fingerprint density at radius 2 is 2.07 bits per heavy atom. The summed E-state index contributed by atoms with van der Waals surface area (Å²) in [4.78, 5) is 0. The molecule has 2 rings (SSSR count). The second-order valence-electron chi connectivity index (χ2n) is 4.22. The summed E-state index contributed by atoms with van der Waals surface area (Å²) in [5, 5.41) is 9.77. The number of alkyl halides is 1. The van der Waals surface area contributed by atoms with Crippen molar-refractivity contribution in [2.24, 2.45) is 0 Å². The fraction of sp³-hybridized carbons (Fsp3) is 0.500. The molecule has 1 aliphatic rings. The van der Waals surface area contributed by atoms with Gasteiger partial charge in [-0.25, -0.2) is 4.39 Å². The largest absolute Gasteiger partial charge is 0.390 e. The van der Waals surface area contributed by atoms with Crippen molar-refractivity contribution in [3.8, 4) is 0 Å². The Labute approximate surface area is 83.6 Å². The molecule has 14 heavy (non-hydrogen) atoms. The van der Waals surface area contributed by atoms with E-state index in [1.54, 1.807) is 6.07 Å². The molecule has 1 aromatic carbocycles. The van der Waals surface area contributed by atoms with E-state index in [4.69, 9.17) is 0 Å². The number of rotatable bonds is 3. The molecule has 1 saturated carbocycles. The summed E-state index contributed by atoms with van der Waals surface area (Å²) < 4.78 is 13.2. The quantitative estimate of drug-likeness (QED) is 0.784. The third-order valence-electron chi connectivity index (χ3n) is 2.83. The van der Waals surface area contributed by atoms with Crippen LogP contribution in [0.5, 0.6) is 0 Å². The molecule has 0 aromatic heterocycles. The summed E-state index contributed by atoms with van der Waals surface area (Å²) >= 11 is 0. The molecule has 0 aliphatic heterocycles. The van der Waals surface area contributed by atoms with Gasteiger partial charge in [0, 0.05) is 6.42 Å². The highest BCUT2D eigenvalue weighted by molar-refractivity contribution is 5.31. The van der Waals surface area contributed by atoms with Gasteiger partial charge in [-0.15, -0.1) is 0 Å². The van der Waals surface area contributed by atoms with Gasteiger partial charge in [0.25, 0.3) is 0 Å². The smallest absolute Gasteiger partial charge is 0.123 e. The highest BCUT2D eigenvalue weighted by Crippen LogP contribution is 2.39. The Hall–Kier alpha value is -0.890. The van der Waals surface area contributed by atoms with E-state index < -0.39 is 11.8 Å². The second-order valence-corrected chi connectivity index (χ2v) is 4.22. The van der Waals surface area contributed by atoms with Crippen LogP contribution in [0.15, 0.2) is 24.3 Å². The van der Waals surface area contributed by atoms with Crippen LogP contribution in [0.4, 0.5) is 4.39 Å². The molecule has 1 aliphatic carbocycles. The molecule has 1 aromatic rings. The van der Waals surface area contributed by atoms with Crippen LogP contribution in [0.25, 0.3) is 0 Å². The van der Waals surface area contributed by atoms with Gasteiger partial charge in [-0.05, 0) is 30.9 Å². The molecule has 0 radical (unpaired) electrons. The van der Waals surface area contributed by atoms with Crippen LogP contribution in [0, 0.1) is 0 Å². The van der Waals surface area contributed by atoms with Crippen LogP contribution >= 0.6 is 0 Å². The Morgan fingerprint density at radius 3 is 2.64 bits per heavy atom. The maximum Gasteiger partial charge on any atom is 0.123 e. The van der Waals surface area contributed by atoms with Crippen molar-refractivity contribution in [2.75, 3.05) is 0 Å². The summed E-state index contributed by atoms with van der Waals surface area (Å²) in [5.41, 5.74) is 1.13. The molecule has 2 heteroatoms.